The summed E-state index contributed by atoms with van der Waals surface area (Å²) in [6, 6.07) is 3.22. The Morgan fingerprint density at radius 2 is 2.33 bits per heavy atom. The summed E-state index contributed by atoms with van der Waals surface area (Å²) in [7, 11) is 0. The maximum absolute atomic E-state index is 11.3. The zero-order valence-electron chi connectivity index (χ0n) is 9.35. The Balaban J connectivity index is 2.21. The van der Waals surface area contributed by atoms with E-state index >= 15 is 0 Å². The molecule has 0 bridgehead atoms. The minimum absolute atomic E-state index is 0.00800. The molecule has 4 heteroatoms. The van der Waals surface area contributed by atoms with Crippen molar-refractivity contribution in [3.63, 3.8) is 0 Å². The summed E-state index contributed by atoms with van der Waals surface area (Å²) in [5.74, 6) is 3.03. The zero-order valence-corrected chi connectivity index (χ0v) is 10.2. The van der Waals surface area contributed by atoms with Crippen LogP contribution < -0.4 is 5.56 Å². The van der Waals surface area contributed by atoms with Gasteiger partial charge in [-0.15, -0.1) is 0 Å². The van der Waals surface area contributed by atoms with Crippen LogP contribution in [-0.2, 0) is 6.54 Å². The van der Waals surface area contributed by atoms with Gasteiger partial charge in [0.2, 0.25) is 0 Å². The van der Waals surface area contributed by atoms with Crippen molar-refractivity contribution in [2.24, 2.45) is 5.92 Å². The third-order valence-electron chi connectivity index (χ3n) is 1.90. The van der Waals surface area contributed by atoms with E-state index in [0.717, 1.165) is 24.6 Å². The van der Waals surface area contributed by atoms with E-state index in [1.165, 1.54) is 10.4 Å². The molecule has 0 fully saturated rings. The number of nitrogens with zero attached hydrogens (tertiary/aromatic N) is 2. The van der Waals surface area contributed by atoms with Gasteiger partial charge in [0.05, 0.1) is 0 Å². The van der Waals surface area contributed by atoms with Gasteiger partial charge in [0, 0.05) is 18.8 Å². The third-order valence-corrected chi connectivity index (χ3v) is 3.37. The molecule has 0 aliphatic heterocycles. The average Bonchev–Trinajstić information content (AvgIpc) is 2.20. The van der Waals surface area contributed by atoms with Crippen LogP contribution in [0.1, 0.15) is 20.3 Å². The molecule has 0 unspecified atom stereocenters. The van der Waals surface area contributed by atoms with Crippen LogP contribution in [0.25, 0.3) is 0 Å². The number of hydrogen-bond donors (Lipinski definition) is 0. The zero-order chi connectivity index (χ0) is 11.1. The molecular formula is C11H18N2OS. The third kappa shape index (κ3) is 5.02. The van der Waals surface area contributed by atoms with Crippen LogP contribution in [0.2, 0.25) is 0 Å². The summed E-state index contributed by atoms with van der Waals surface area (Å²) in [5, 5.41) is 4.01. The minimum Gasteiger partial charge on any atom is -0.268 e. The minimum atomic E-state index is -0.00800. The molecule has 1 rings (SSSR count). The van der Waals surface area contributed by atoms with Gasteiger partial charge in [-0.1, -0.05) is 13.8 Å². The molecule has 15 heavy (non-hydrogen) atoms. The van der Waals surface area contributed by atoms with E-state index in [2.05, 4.69) is 18.9 Å². The predicted octanol–water partition coefficient (Wildman–Crippen LogP) is 2.02. The van der Waals surface area contributed by atoms with Gasteiger partial charge in [-0.2, -0.15) is 16.9 Å². The largest absolute Gasteiger partial charge is 0.268 e. The second-order valence-corrected chi connectivity index (χ2v) is 5.06. The first kappa shape index (κ1) is 12.3. The van der Waals surface area contributed by atoms with Gasteiger partial charge in [-0.3, -0.25) is 4.79 Å². The normalized spacial score (nSPS) is 10.9. The molecule has 0 radical (unpaired) electrons. The summed E-state index contributed by atoms with van der Waals surface area (Å²) < 4.78 is 1.52. The molecule has 1 aromatic heterocycles. The number of hydrogen-bond acceptors (Lipinski definition) is 3. The molecule has 0 amide bonds. The van der Waals surface area contributed by atoms with Crippen molar-refractivity contribution in [2.75, 3.05) is 11.5 Å². The number of aromatic nitrogens is 2. The Hall–Kier alpha value is -0.770. The van der Waals surface area contributed by atoms with Crippen LogP contribution in [0.15, 0.2) is 23.1 Å². The van der Waals surface area contributed by atoms with Crippen LogP contribution in [0.5, 0.6) is 0 Å². The fourth-order valence-corrected chi connectivity index (χ4v) is 2.16. The van der Waals surface area contributed by atoms with Crippen LogP contribution in [0.4, 0.5) is 0 Å². The lowest BCUT2D eigenvalue weighted by Crippen LogP contribution is -2.21. The molecule has 0 atom stereocenters. The van der Waals surface area contributed by atoms with Crippen molar-refractivity contribution in [1.82, 2.24) is 9.78 Å². The molecule has 0 aliphatic carbocycles. The molecule has 0 aliphatic rings. The van der Waals surface area contributed by atoms with Crippen molar-refractivity contribution >= 4 is 11.8 Å². The highest BCUT2D eigenvalue weighted by Crippen LogP contribution is 2.08. The van der Waals surface area contributed by atoms with E-state index in [1.54, 1.807) is 18.3 Å². The maximum Gasteiger partial charge on any atom is 0.266 e. The summed E-state index contributed by atoms with van der Waals surface area (Å²) in [5.41, 5.74) is -0.00800. The van der Waals surface area contributed by atoms with E-state index in [1.807, 2.05) is 11.8 Å². The Morgan fingerprint density at radius 3 is 3.00 bits per heavy atom. The van der Waals surface area contributed by atoms with Gasteiger partial charge in [0.1, 0.15) is 0 Å². The van der Waals surface area contributed by atoms with Crippen molar-refractivity contribution in [2.45, 2.75) is 26.8 Å². The first-order chi connectivity index (χ1) is 7.20. The topological polar surface area (TPSA) is 34.9 Å². The molecule has 0 spiro atoms. The predicted molar refractivity (Wildman–Crippen MR) is 65.3 cm³/mol. The van der Waals surface area contributed by atoms with E-state index in [0.29, 0.717) is 0 Å². The molecule has 3 nitrogen and oxygen atoms in total. The fourth-order valence-electron chi connectivity index (χ4n) is 1.19. The quantitative estimate of drug-likeness (QED) is 0.696. The van der Waals surface area contributed by atoms with Gasteiger partial charge in [0.25, 0.3) is 5.56 Å². The fraction of sp³-hybridized carbons (Fsp3) is 0.636. The van der Waals surface area contributed by atoms with E-state index in [9.17, 15) is 4.79 Å². The Bertz CT molecular complexity index is 335. The Labute approximate surface area is 94.9 Å². The molecule has 0 N–H and O–H groups in total. The number of thioether (sulfide) groups is 1. The molecule has 0 saturated heterocycles. The lowest BCUT2D eigenvalue weighted by atomic mass is 10.3. The van der Waals surface area contributed by atoms with Gasteiger partial charge in [-0.05, 0) is 29.9 Å². The summed E-state index contributed by atoms with van der Waals surface area (Å²) in [4.78, 5) is 11.3. The first-order valence-electron chi connectivity index (χ1n) is 5.30. The smallest absolute Gasteiger partial charge is 0.266 e. The van der Waals surface area contributed by atoms with Gasteiger partial charge in [0.15, 0.2) is 0 Å². The molecule has 0 aromatic carbocycles. The second-order valence-electron chi connectivity index (χ2n) is 3.91. The summed E-state index contributed by atoms with van der Waals surface area (Å²) in [6.45, 7) is 5.16. The van der Waals surface area contributed by atoms with Crippen molar-refractivity contribution < 1.29 is 0 Å². The van der Waals surface area contributed by atoms with Crippen LogP contribution in [0, 0.1) is 5.92 Å². The van der Waals surface area contributed by atoms with E-state index in [-0.39, 0.29) is 5.56 Å². The van der Waals surface area contributed by atoms with Crippen LogP contribution >= 0.6 is 11.8 Å². The maximum atomic E-state index is 11.3. The van der Waals surface area contributed by atoms with Crippen molar-refractivity contribution in [3.05, 3.63) is 28.7 Å². The molecular weight excluding hydrogens is 208 g/mol. The number of aryl methyl sites for hydroxylation is 1. The molecule has 1 aromatic rings. The SMILES string of the molecule is CC(C)CSCCCn1ncccc1=O. The van der Waals surface area contributed by atoms with Crippen molar-refractivity contribution in [1.29, 1.82) is 0 Å². The van der Waals surface area contributed by atoms with E-state index in [4.69, 9.17) is 0 Å². The van der Waals surface area contributed by atoms with Crippen LogP contribution in [0.3, 0.4) is 0 Å². The van der Waals surface area contributed by atoms with Crippen LogP contribution in [-0.4, -0.2) is 21.3 Å². The Morgan fingerprint density at radius 1 is 1.53 bits per heavy atom. The Kier molecular flexibility index (Phi) is 5.47. The summed E-state index contributed by atoms with van der Waals surface area (Å²) in [6.07, 6.45) is 2.66. The summed E-state index contributed by atoms with van der Waals surface area (Å²) >= 11 is 1.94. The molecule has 0 saturated carbocycles. The highest BCUT2D eigenvalue weighted by atomic mass is 32.2. The molecule has 84 valence electrons. The highest BCUT2D eigenvalue weighted by Gasteiger charge is 1.97. The first-order valence-corrected chi connectivity index (χ1v) is 6.45. The lowest BCUT2D eigenvalue weighted by Gasteiger charge is -2.05. The van der Waals surface area contributed by atoms with Crippen molar-refractivity contribution in [3.8, 4) is 0 Å². The van der Waals surface area contributed by atoms with Gasteiger partial charge < -0.3 is 0 Å². The number of rotatable bonds is 6. The molecule has 1 heterocycles. The van der Waals surface area contributed by atoms with E-state index < -0.39 is 0 Å². The van der Waals surface area contributed by atoms with Gasteiger partial charge in [-0.25, -0.2) is 4.68 Å². The van der Waals surface area contributed by atoms with Gasteiger partial charge >= 0.3 is 0 Å². The average molecular weight is 226 g/mol. The highest BCUT2D eigenvalue weighted by molar-refractivity contribution is 7.99. The second kappa shape index (κ2) is 6.67. The monoisotopic (exact) mass is 226 g/mol. The standard InChI is InChI=1S/C11H18N2OS/c1-10(2)9-15-8-4-7-13-11(14)5-3-6-12-13/h3,5-6,10H,4,7-9H2,1-2H3. The lowest BCUT2D eigenvalue weighted by molar-refractivity contribution is 0.570.